The quantitative estimate of drug-likeness (QED) is 0.494. The van der Waals surface area contributed by atoms with Crippen molar-refractivity contribution in [1.29, 1.82) is 0 Å². The first kappa shape index (κ1) is 7.03. The Hall–Kier alpha value is -0.0800. The Kier molecular flexibility index (Phi) is 3.72. The fraction of sp³-hybridized carbons (Fsp3) is 0.143. The van der Waals surface area contributed by atoms with Crippen molar-refractivity contribution in [3.63, 3.8) is 0 Å². The van der Waals surface area contributed by atoms with Gasteiger partial charge in [-0.3, -0.25) is 0 Å². The van der Waals surface area contributed by atoms with Crippen LogP contribution in [0.25, 0.3) is 0 Å². The Labute approximate surface area is 63.5 Å². The van der Waals surface area contributed by atoms with Crippen LogP contribution in [-0.4, -0.2) is 5.75 Å². The number of hydrogen-bond donors (Lipinski definition) is 0. The first-order valence-electron chi connectivity index (χ1n) is 2.77. The standard InChI is InChI=1S/C7H8S2/c1-2-4-6-8-9-7-5-3-1/h1-6H,7H2/b2-1-,5-3-,6-4-. The third kappa shape index (κ3) is 3.49. The Morgan fingerprint density at radius 2 is 1.89 bits per heavy atom. The Morgan fingerprint density at radius 3 is 2.89 bits per heavy atom. The summed E-state index contributed by atoms with van der Waals surface area (Å²) in [6, 6.07) is 0. The van der Waals surface area contributed by atoms with E-state index < -0.39 is 0 Å². The van der Waals surface area contributed by atoms with Crippen molar-refractivity contribution in [2.45, 2.75) is 0 Å². The highest BCUT2D eigenvalue weighted by molar-refractivity contribution is 8.77. The average Bonchev–Trinajstić information content (AvgIpc) is 2.00. The molecule has 0 aromatic rings. The van der Waals surface area contributed by atoms with Gasteiger partial charge in [-0.05, 0) is 5.41 Å². The maximum atomic E-state index is 2.15. The molecule has 0 bridgehead atoms. The average molecular weight is 156 g/mol. The summed E-state index contributed by atoms with van der Waals surface area (Å²) in [5, 5.41) is 2.09. The molecule has 0 radical (unpaired) electrons. The van der Waals surface area contributed by atoms with E-state index in [1.807, 2.05) is 29.0 Å². The van der Waals surface area contributed by atoms with Gasteiger partial charge in [-0.1, -0.05) is 52.0 Å². The van der Waals surface area contributed by atoms with Gasteiger partial charge in [0.1, 0.15) is 0 Å². The summed E-state index contributed by atoms with van der Waals surface area (Å²) in [5.41, 5.74) is 0. The van der Waals surface area contributed by atoms with Gasteiger partial charge in [-0.2, -0.15) is 0 Å². The second-order valence-corrected chi connectivity index (χ2v) is 3.84. The summed E-state index contributed by atoms with van der Waals surface area (Å²) >= 11 is 0. The Morgan fingerprint density at radius 1 is 1.00 bits per heavy atom. The van der Waals surface area contributed by atoms with E-state index in [2.05, 4.69) is 17.6 Å². The third-order valence-corrected chi connectivity index (χ3v) is 2.72. The van der Waals surface area contributed by atoms with Gasteiger partial charge in [0.25, 0.3) is 0 Å². The van der Waals surface area contributed by atoms with Crippen LogP contribution in [-0.2, 0) is 0 Å². The van der Waals surface area contributed by atoms with Crippen LogP contribution in [0.2, 0.25) is 0 Å². The van der Waals surface area contributed by atoms with Gasteiger partial charge in [-0.15, -0.1) is 0 Å². The van der Waals surface area contributed by atoms with Crippen LogP contribution < -0.4 is 0 Å². The van der Waals surface area contributed by atoms with Gasteiger partial charge in [-0.25, -0.2) is 0 Å². The highest BCUT2D eigenvalue weighted by Gasteiger charge is 1.80. The predicted octanol–water partition coefficient (Wildman–Crippen LogP) is 3.01. The highest BCUT2D eigenvalue weighted by atomic mass is 33.1. The van der Waals surface area contributed by atoms with Gasteiger partial charge < -0.3 is 0 Å². The van der Waals surface area contributed by atoms with Crippen LogP contribution in [0, 0.1) is 0 Å². The fourth-order valence-electron chi connectivity index (χ4n) is 0.458. The second-order valence-electron chi connectivity index (χ2n) is 1.52. The molecule has 0 aliphatic carbocycles. The van der Waals surface area contributed by atoms with Crippen molar-refractivity contribution < 1.29 is 0 Å². The summed E-state index contributed by atoms with van der Waals surface area (Å²) < 4.78 is 0. The predicted molar refractivity (Wildman–Crippen MR) is 47.5 cm³/mol. The first-order valence-corrected chi connectivity index (χ1v) is 5.15. The first-order chi connectivity index (χ1) is 4.50. The normalized spacial score (nSPS) is 29.3. The van der Waals surface area contributed by atoms with Crippen LogP contribution in [0.3, 0.4) is 0 Å². The monoisotopic (exact) mass is 156 g/mol. The minimum Gasteiger partial charge on any atom is -0.0854 e. The molecule has 0 aromatic carbocycles. The molecular weight excluding hydrogens is 148 g/mol. The summed E-state index contributed by atoms with van der Waals surface area (Å²) in [6.07, 6.45) is 10.4. The molecule has 0 N–H and O–H groups in total. The van der Waals surface area contributed by atoms with E-state index in [1.54, 1.807) is 10.8 Å². The molecule has 0 nitrogen and oxygen atoms in total. The zero-order chi connectivity index (χ0) is 6.36. The molecule has 1 aliphatic rings. The molecule has 1 aliphatic heterocycles. The summed E-state index contributed by atoms with van der Waals surface area (Å²) in [5.74, 6) is 1.10. The Balaban J connectivity index is 2.45. The molecule has 0 aromatic heterocycles. The van der Waals surface area contributed by atoms with E-state index in [1.165, 1.54) is 0 Å². The van der Waals surface area contributed by atoms with Crippen molar-refractivity contribution >= 4 is 21.6 Å². The molecule has 0 amide bonds. The lowest BCUT2D eigenvalue weighted by Gasteiger charge is -1.85. The number of hydrogen-bond acceptors (Lipinski definition) is 2. The van der Waals surface area contributed by atoms with Crippen LogP contribution in [0.4, 0.5) is 0 Å². The molecule has 0 spiro atoms. The summed E-state index contributed by atoms with van der Waals surface area (Å²) in [6.45, 7) is 0. The van der Waals surface area contributed by atoms with E-state index in [0.29, 0.717) is 0 Å². The molecule has 0 fully saturated rings. The van der Waals surface area contributed by atoms with Crippen LogP contribution in [0.5, 0.6) is 0 Å². The molecule has 48 valence electrons. The molecule has 0 atom stereocenters. The molecule has 2 heteroatoms. The minimum absolute atomic E-state index is 1.10. The second kappa shape index (κ2) is 4.77. The van der Waals surface area contributed by atoms with Gasteiger partial charge in [0.05, 0.1) is 0 Å². The van der Waals surface area contributed by atoms with Gasteiger partial charge >= 0.3 is 0 Å². The summed E-state index contributed by atoms with van der Waals surface area (Å²) in [4.78, 5) is 0. The SMILES string of the molecule is C1=C\C=C/SSC\C=C/1. The van der Waals surface area contributed by atoms with Crippen molar-refractivity contribution in [3.8, 4) is 0 Å². The lowest BCUT2D eigenvalue weighted by atomic mass is 10.4. The molecule has 0 saturated carbocycles. The molecule has 9 heavy (non-hydrogen) atoms. The van der Waals surface area contributed by atoms with Crippen LogP contribution in [0.15, 0.2) is 35.8 Å². The van der Waals surface area contributed by atoms with Crippen LogP contribution in [0.1, 0.15) is 0 Å². The van der Waals surface area contributed by atoms with Gasteiger partial charge in [0, 0.05) is 5.75 Å². The molecular formula is C7H8S2. The lowest BCUT2D eigenvalue weighted by Crippen LogP contribution is -1.59. The van der Waals surface area contributed by atoms with Gasteiger partial charge in [0.15, 0.2) is 0 Å². The summed E-state index contributed by atoms with van der Waals surface area (Å²) in [7, 11) is 3.62. The third-order valence-electron chi connectivity index (χ3n) is 0.836. The van der Waals surface area contributed by atoms with Gasteiger partial charge in [0.2, 0.25) is 0 Å². The van der Waals surface area contributed by atoms with Crippen molar-refractivity contribution in [2.24, 2.45) is 0 Å². The fourth-order valence-corrected chi connectivity index (χ4v) is 1.86. The number of allylic oxidation sites excluding steroid dienone is 4. The lowest BCUT2D eigenvalue weighted by molar-refractivity contribution is 1.77. The largest absolute Gasteiger partial charge is 0.0854 e. The smallest absolute Gasteiger partial charge is 0.0224 e. The molecule has 1 rings (SSSR count). The number of rotatable bonds is 0. The van der Waals surface area contributed by atoms with Crippen molar-refractivity contribution in [1.82, 2.24) is 0 Å². The van der Waals surface area contributed by atoms with Crippen LogP contribution >= 0.6 is 21.6 Å². The van der Waals surface area contributed by atoms with E-state index in [4.69, 9.17) is 0 Å². The van der Waals surface area contributed by atoms with E-state index in [-0.39, 0.29) is 0 Å². The minimum atomic E-state index is 1.10. The highest BCUT2D eigenvalue weighted by Crippen LogP contribution is 2.22. The van der Waals surface area contributed by atoms with Crippen molar-refractivity contribution in [3.05, 3.63) is 35.8 Å². The van der Waals surface area contributed by atoms with E-state index in [9.17, 15) is 0 Å². The van der Waals surface area contributed by atoms with E-state index >= 15 is 0 Å². The maximum absolute atomic E-state index is 2.15. The molecule has 0 unspecified atom stereocenters. The zero-order valence-electron chi connectivity index (χ0n) is 4.99. The molecule has 0 saturated heterocycles. The molecule has 1 heterocycles. The van der Waals surface area contributed by atoms with E-state index in [0.717, 1.165) is 5.75 Å². The van der Waals surface area contributed by atoms with Crippen molar-refractivity contribution in [2.75, 3.05) is 5.75 Å². The maximum Gasteiger partial charge on any atom is 0.0224 e. The topological polar surface area (TPSA) is 0 Å². The zero-order valence-corrected chi connectivity index (χ0v) is 6.62. The Bertz CT molecular complexity index is 129.